The van der Waals surface area contributed by atoms with E-state index < -0.39 is 27.2 Å². The van der Waals surface area contributed by atoms with Crippen LogP contribution in [0.4, 0.5) is 18.3 Å². The zero-order valence-electron chi connectivity index (χ0n) is 13.6. The maximum atomic E-state index is 12.6. The second-order valence-electron chi connectivity index (χ2n) is 5.63. The van der Waals surface area contributed by atoms with Gasteiger partial charge in [0.25, 0.3) is 0 Å². The van der Waals surface area contributed by atoms with Gasteiger partial charge in [0.05, 0.1) is 31.3 Å². The van der Waals surface area contributed by atoms with Crippen molar-refractivity contribution in [3.05, 3.63) is 11.1 Å². The summed E-state index contributed by atoms with van der Waals surface area (Å²) in [4.78, 5) is 4.66. The van der Waals surface area contributed by atoms with Crippen LogP contribution in [-0.2, 0) is 20.9 Å². The van der Waals surface area contributed by atoms with E-state index >= 15 is 0 Å². The summed E-state index contributed by atoms with van der Waals surface area (Å²) in [5, 5.41) is 9.29. The molecule has 1 unspecified atom stereocenters. The van der Waals surface area contributed by atoms with Gasteiger partial charge in [0.15, 0.2) is 5.13 Å². The highest BCUT2D eigenvalue weighted by Crippen LogP contribution is 2.36. The Morgan fingerprint density at radius 3 is 2.52 bits per heavy atom. The summed E-state index contributed by atoms with van der Waals surface area (Å²) in [6.45, 7) is 2.50. The molecule has 0 aliphatic carbocycles. The molecule has 0 aromatic carbocycles. The molecule has 1 aliphatic rings. The molecule has 7 nitrogen and oxygen atoms in total. The normalized spacial score (nSPS) is 18.5. The van der Waals surface area contributed by atoms with Gasteiger partial charge in [-0.2, -0.15) is 17.5 Å². The number of aliphatic hydroxyl groups is 1. The van der Waals surface area contributed by atoms with Gasteiger partial charge in [-0.05, 0) is 6.92 Å². The Bertz CT molecular complexity index is 656. The molecule has 1 saturated heterocycles. The van der Waals surface area contributed by atoms with Crippen LogP contribution in [0.1, 0.15) is 11.8 Å². The Kier molecular flexibility index (Phi) is 6.65. The number of alkyl halides is 3. The number of ether oxygens (including phenoxy) is 1. The van der Waals surface area contributed by atoms with E-state index in [4.69, 9.17) is 9.84 Å². The Hall–Kier alpha value is -0.950. The maximum absolute atomic E-state index is 12.6. The van der Waals surface area contributed by atoms with E-state index in [9.17, 15) is 21.6 Å². The highest BCUT2D eigenvalue weighted by atomic mass is 32.2. The third kappa shape index (κ3) is 5.78. The number of rotatable bonds is 7. The molecule has 144 valence electrons. The van der Waals surface area contributed by atoms with E-state index in [-0.39, 0.29) is 50.3 Å². The van der Waals surface area contributed by atoms with Crippen molar-refractivity contribution in [2.45, 2.75) is 19.2 Å². The summed E-state index contributed by atoms with van der Waals surface area (Å²) in [5.74, 6) is -0.199. The van der Waals surface area contributed by atoms with Crippen molar-refractivity contribution in [1.82, 2.24) is 9.29 Å². The quantitative estimate of drug-likeness (QED) is 0.685. The fourth-order valence-corrected chi connectivity index (χ4v) is 4.39. The molecule has 1 atom stereocenters. The van der Waals surface area contributed by atoms with E-state index in [0.717, 1.165) is 6.20 Å². The van der Waals surface area contributed by atoms with Crippen LogP contribution in [0.2, 0.25) is 0 Å². The average Bonchev–Trinajstić information content (AvgIpc) is 3.02. The predicted molar refractivity (Wildman–Crippen MR) is 87.2 cm³/mol. The fourth-order valence-electron chi connectivity index (χ4n) is 2.25. The zero-order chi connectivity index (χ0) is 18.7. The molecular weight excluding hydrogens is 383 g/mol. The number of sulfonamides is 1. The van der Waals surface area contributed by atoms with E-state index in [1.54, 1.807) is 4.90 Å². The minimum atomic E-state index is -4.42. The molecule has 0 amide bonds. The average molecular weight is 403 g/mol. The Balaban J connectivity index is 1.85. The molecule has 1 aromatic heterocycles. The molecule has 0 spiro atoms. The lowest BCUT2D eigenvalue weighted by atomic mass is 10.4. The largest absolute Gasteiger partial charge is 0.427 e. The van der Waals surface area contributed by atoms with E-state index in [0.29, 0.717) is 11.3 Å². The Morgan fingerprint density at radius 2 is 2.00 bits per heavy atom. The first-order valence-corrected chi connectivity index (χ1v) is 10.0. The lowest BCUT2D eigenvalue weighted by molar-refractivity contribution is -0.134. The molecule has 0 saturated carbocycles. The van der Waals surface area contributed by atoms with Crippen LogP contribution in [0.5, 0.6) is 0 Å². The first kappa shape index (κ1) is 20.4. The van der Waals surface area contributed by atoms with Crippen molar-refractivity contribution in [2.75, 3.05) is 50.0 Å². The molecule has 2 heterocycles. The van der Waals surface area contributed by atoms with Gasteiger partial charge in [0, 0.05) is 26.2 Å². The van der Waals surface area contributed by atoms with Gasteiger partial charge < -0.3 is 14.7 Å². The van der Waals surface area contributed by atoms with Crippen LogP contribution in [0.3, 0.4) is 0 Å². The minimum Gasteiger partial charge on any atom is -0.391 e. The standard InChI is InChI=1S/C13H20F3N3O4S2/c1-10(20)9-23-6-7-25(21,22)19-4-2-18(3-5-19)12-17-8-11(24-12)13(14,15)16/h8,10,20H,2-7,9H2,1H3. The zero-order valence-corrected chi connectivity index (χ0v) is 15.2. The van der Waals surface area contributed by atoms with Gasteiger partial charge >= 0.3 is 6.18 Å². The molecule has 0 bridgehead atoms. The van der Waals surface area contributed by atoms with Gasteiger partial charge in [-0.25, -0.2) is 13.4 Å². The van der Waals surface area contributed by atoms with Crippen molar-refractivity contribution in [3.63, 3.8) is 0 Å². The van der Waals surface area contributed by atoms with E-state index in [2.05, 4.69) is 4.98 Å². The molecule has 1 N–H and O–H groups in total. The molecule has 25 heavy (non-hydrogen) atoms. The van der Waals surface area contributed by atoms with Gasteiger partial charge in [-0.1, -0.05) is 11.3 Å². The lowest BCUT2D eigenvalue weighted by Crippen LogP contribution is -2.49. The highest BCUT2D eigenvalue weighted by molar-refractivity contribution is 7.89. The molecule has 1 aliphatic heterocycles. The van der Waals surface area contributed by atoms with Crippen molar-refractivity contribution < 1.29 is 31.4 Å². The summed E-state index contributed by atoms with van der Waals surface area (Å²) in [7, 11) is -3.50. The van der Waals surface area contributed by atoms with Crippen LogP contribution >= 0.6 is 11.3 Å². The smallest absolute Gasteiger partial charge is 0.391 e. The summed E-state index contributed by atoms with van der Waals surface area (Å²) < 4.78 is 68.7. The molecule has 1 fully saturated rings. The third-order valence-corrected chi connectivity index (χ3v) is 6.46. The van der Waals surface area contributed by atoms with E-state index in [1.165, 1.54) is 11.2 Å². The van der Waals surface area contributed by atoms with Crippen LogP contribution in [-0.4, -0.2) is 74.1 Å². The topological polar surface area (TPSA) is 83.0 Å². The number of piperazine rings is 1. The van der Waals surface area contributed by atoms with Crippen LogP contribution in [0.25, 0.3) is 0 Å². The maximum Gasteiger partial charge on any atom is 0.427 e. The molecular formula is C13H20F3N3O4S2. The molecule has 1 aromatic rings. The monoisotopic (exact) mass is 403 g/mol. The number of halogens is 3. The first-order valence-electron chi connectivity index (χ1n) is 7.61. The van der Waals surface area contributed by atoms with E-state index in [1.807, 2.05) is 0 Å². The van der Waals surface area contributed by atoms with Gasteiger partial charge in [-0.3, -0.25) is 0 Å². The van der Waals surface area contributed by atoms with Crippen molar-refractivity contribution in [3.8, 4) is 0 Å². The molecule has 12 heteroatoms. The Morgan fingerprint density at radius 1 is 1.36 bits per heavy atom. The van der Waals surface area contributed by atoms with Gasteiger partial charge in [-0.15, -0.1) is 0 Å². The number of hydrogen-bond acceptors (Lipinski definition) is 7. The van der Waals surface area contributed by atoms with Crippen LogP contribution in [0, 0.1) is 0 Å². The van der Waals surface area contributed by atoms with Crippen molar-refractivity contribution >= 4 is 26.5 Å². The highest BCUT2D eigenvalue weighted by Gasteiger charge is 2.35. The molecule has 0 radical (unpaired) electrons. The number of aliphatic hydroxyl groups excluding tert-OH is 1. The minimum absolute atomic E-state index is 0.0190. The fraction of sp³-hybridized carbons (Fsp3) is 0.769. The van der Waals surface area contributed by atoms with Crippen molar-refractivity contribution in [2.24, 2.45) is 0 Å². The van der Waals surface area contributed by atoms with Crippen LogP contribution in [0.15, 0.2) is 6.20 Å². The van der Waals surface area contributed by atoms with Gasteiger partial charge in [0.2, 0.25) is 10.0 Å². The summed E-state index contributed by atoms with van der Waals surface area (Å²) >= 11 is 0.553. The number of nitrogens with zero attached hydrogens (tertiary/aromatic N) is 3. The summed E-state index contributed by atoms with van der Waals surface area (Å²) in [6.07, 6.45) is -4.29. The first-order chi connectivity index (χ1) is 11.6. The number of thiazole rings is 1. The second-order valence-corrected chi connectivity index (χ2v) is 8.73. The lowest BCUT2D eigenvalue weighted by Gasteiger charge is -2.33. The van der Waals surface area contributed by atoms with Gasteiger partial charge in [0.1, 0.15) is 4.88 Å². The molecule has 2 rings (SSSR count). The SMILES string of the molecule is CC(O)COCCS(=O)(=O)N1CCN(c2ncc(C(F)(F)F)s2)CC1. The predicted octanol–water partition coefficient (Wildman–Crippen LogP) is 1.01. The number of anilines is 1. The number of hydrogen-bond donors (Lipinski definition) is 1. The van der Waals surface area contributed by atoms with Crippen molar-refractivity contribution in [1.29, 1.82) is 0 Å². The Labute approximate surface area is 148 Å². The summed E-state index contributed by atoms with van der Waals surface area (Å²) in [5.41, 5.74) is 0. The number of aromatic nitrogens is 1. The third-order valence-electron chi connectivity index (χ3n) is 3.52. The second kappa shape index (κ2) is 8.16. The summed E-state index contributed by atoms with van der Waals surface area (Å²) in [6, 6.07) is 0. The van der Waals surface area contributed by atoms with Crippen LogP contribution < -0.4 is 4.90 Å².